The summed E-state index contributed by atoms with van der Waals surface area (Å²) in [6, 6.07) is 12.1. The van der Waals surface area contributed by atoms with Crippen LogP contribution in [-0.2, 0) is 6.54 Å². The molecular formula is C13H13N5. The predicted octanol–water partition coefficient (Wildman–Crippen LogP) is 1.44. The average molecular weight is 239 g/mol. The number of nitrogen functional groups attached to an aromatic ring is 1. The van der Waals surface area contributed by atoms with Crippen LogP contribution in [0.1, 0.15) is 5.56 Å². The first kappa shape index (κ1) is 10.7. The van der Waals surface area contributed by atoms with Crippen molar-refractivity contribution in [1.29, 1.82) is 0 Å². The zero-order valence-electron chi connectivity index (χ0n) is 9.74. The molecule has 0 aliphatic carbocycles. The maximum atomic E-state index is 5.58. The Balaban J connectivity index is 2.06. The van der Waals surface area contributed by atoms with Gasteiger partial charge >= 0.3 is 0 Å². The molecule has 0 bridgehead atoms. The van der Waals surface area contributed by atoms with Gasteiger partial charge in [0.25, 0.3) is 0 Å². The van der Waals surface area contributed by atoms with Gasteiger partial charge in [0.2, 0.25) is 5.95 Å². The third-order valence-corrected chi connectivity index (χ3v) is 2.88. The number of pyridine rings is 1. The van der Waals surface area contributed by atoms with Gasteiger partial charge in [0, 0.05) is 12.7 Å². The number of nitrogens with two attached hydrogens (primary N) is 2. The van der Waals surface area contributed by atoms with E-state index in [1.807, 2.05) is 42.6 Å². The standard InChI is InChI=1S/C13H13N5/c14-8-9-1-3-10(4-2-9)11-5-6-18-12(7-11)16-13(15)17-18/h1-7H,8,14H2,(H2,15,17). The molecule has 5 heteroatoms. The van der Waals surface area contributed by atoms with Crippen molar-refractivity contribution in [2.24, 2.45) is 5.73 Å². The second kappa shape index (κ2) is 4.12. The second-order valence-corrected chi connectivity index (χ2v) is 4.09. The normalized spacial score (nSPS) is 10.9. The minimum absolute atomic E-state index is 0.283. The van der Waals surface area contributed by atoms with Crippen LogP contribution >= 0.6 is 0 Å². The summed E-state index contributed by atoms with van der Waals surface area (Å²) in [5.41, 5.74) is 15.2. The van der Waals surface area contributed by atoms with Gasteiger partial charge in [-0.1, -0.05) is 24.3 Å². The first-order valence-electron chi connectivity index (χ1n) is 5.67. The molecule has 0 amide bonds. The van der Waals surface area contributed by atoms with Crippen LogP contribution in [0.4, 0.5) is 5.95 Å². The molecule has 1 aromatic carbocycles. The molecule has 2 aromatic heterocycles. The lowest BCUT2D eigenvalue weighted by atomic mass is 10.1. The van der Waals surface area contributed by atoms with Gasteiger partial charge < -0.3 is 11.5 Å². The molecule has 0 fully saturated rings. The summed E-state index contributed by atoms with van der Waals surface area (Å²) < 4.78 is 1.66. The Morgan fingerprint density at radius 2 is 1.83 bits per heavy atom. The summed E-state index contributed by atoms with van der Waals surface area (Å²) in [4.78, 5) is 4.14. The molecule has 0 aliphatic rings. The summed E-state index contributed by atoms with van der Waals surface area (Å²) in [6.45, 7) is 0.556. The smallest absolute Gasteiger partial charge is 0.240 e. The fourth-order valence-corrected chi connectivity index (χ4v) is 1.91. The van der Waals surface area contributed by atoms with E-state index in [9.17, 15) is 0 Å². The molecule has 0 saturated heterocycles. The zero-order valence-corrected chi connectivity index (χ0v) is 9.74. The van der Waals surface area contributed by atoms with Crippen LogP contribution in [0.3, 0.4) is 0 Å². The largest absolute Gasteiger partial charge is 0.366 e. The highest BCUT2D eigenvalue weighted by Crippen LogP contribution is 2.21. The summed E-state index contributed by atoms with van der Waals surface area (Å²) in [5.74, 6) is 0.283. The van der Waals surface area contributed by atoms with Crippen LogP contribution in [0.15, 0.2) is 42.6 Å². The molecule has 90 valence electrons. The maximum Gasteiger partial charge on any atom is 0.240 e. The minimum Gasteiger partial charge on any atom is -0.366 e. The van der Waals surface area contributed by atoms with E-state index in [2.05, 4.69) is 10.1 Å². The molecular weight excluding hydrogens is 226 g/mol. The fourth-order valence-electron chi connectivity index (χ4n) is 1.91. The van der Waals surface area contributed by atoms with Crippen molar-refractivity contribution in [3.63, 3.8) is 0 Å². The number of hydrogen-bond donors (Lipinski definition) is 2. The molecule has 0 spiro atoms. The van der Waals surface area contributed by atoms with Gasteiger partial charge in [-0.15, -0.1) is 5.10 Å². The average Bonchev–Trinajstić information content (AvgIpc) is 2.78. The van der Waals surface area contributed by atoms with Crippen LogP contribution in [-0.4, -0.2) is 14.6 Å². The zero-order chi connectivity index (χ0) is 12.5. The van der Waals surface area contributed by atoms with Gasteiger partial charge in [-0.25, -0.2) is 4.52 Å². The second-order valence-electron chi connectivity index (χ2n) is 4.09. The van der Waals surface area contributed by atoms with Crippen LogP contribution in [0.25, 0.3) is 16.8 Å². The van der Waals surface area contributed by atoms with E-state index in [1.54, 1.807) is 4.52 Å². The lowest BCUT2D eigenvalue weighted by Gasteiger charge is -2.03. The summed E-state index contributed by atoms with van der Waals surface area (Å²) in [5, 5.41) is 4.04. The van der Waals surface area contributed by atoms with E-state index >= 15 is 0 Å². The van der Waals surface area contributed by atoms with E-state index in [4.69, 9.17) is 11.5 Å². The van der Waals surface area contributed by atoms with Crippen LogP contribution in [0, 0.1) is 0 Å². The van der Waals surface area contributed by atoms with E-state index in [0.717, 1.165) is 22.3 Å². The van der Waals surface area contributed by atoms with E-state index < -0.39 is 0 Å². The molecule has 0 atom stereocenters. The Labute approximate surface area is 104 Å². The van der Waals surface area contributed by atoms with Crippen molar-refractivity contribution in [3.8, 4) is 11.1 Å². The highest BCUT2D eigenvalue weighted by atomic mass is 15.3. The Kier molecular flexibility index (Phi) is 2.46. The fraction of sp³-hybridized carbons (Fsp3) is 0.0769. The first-order chi connectivity index (χ1) is 8.76. The quantitative estimate of drug-likeness (QED) is 0.708. The van der Waals surface area contributed by atoms with Crippen LogP contribution in [0.5, 0.6) is 0 Å². The van der Waals surface area contributed by atoms with Crippen molar-refractivity contribution in [2.75, 3.05) is 5.73 Å². The van der Waals surface area contributed by atoms with Gasteiger partial charge in [-0.05, 0) is 28.8 Å². The SMILES string of the molecule is NCc1ccc(-c2ccn3nc(N)nc3c2)cc1. The van der Waals surface area contributed by atoms with Gasteiger partial charge in [0.05, 0.1) is 0 Å². The number of anilines is 1. The predicted molar refractivity (Wildman–Crippen MR) is 70.7 cm³/mol. The maximum absolute atomic E-state index is 5.58. The number of rotatable bonds is 2. The lowest BCUT2D eigenvalue weighted by molar-refractivity contribution is 0.968. The minimum atomic E-state index is 0.283. The Morgan fingerprint density at radius 3 is 2.56 bits per heavy atom. The number of fused-ring (bicyclic) bond motifs is 1. The van der Waals surface area contributed by atoms with Gasteiger partial charge in [0.15, 0.2) is 5.65 Å². The summed E-state index contributed by atoms with van der Waals surface area (Å²) >= 11 is 0. The van der Waals surface area contributed by atoms with Crippen LogP contribution < -0.4 is 11.5 Å². The third kappa shape index (κ3) is 1.80. The van der Waals surface area contributed by atoms with Crippen molar-refractivity contribution in [1.82, 2.24) is 14.6 Å². The molecule has 0 saturated carbocycles. The summed E-state index contributed by atoms with van der Waals surface area (Å²) in [6.07, 6.45) is 1.85. The van der Waals surface area contributed by atoms with Gasteiger partial charge in [0.1, 0.15) is 0 Å². The van der Waals surface area contributed by atoms with Crippen LogP contribution in [0.2, 0.25) is 0 Å². The summed E-state index contributed by atoms with van der Waals surface area (Å²) in [7, 11) is 0. The highest BCUT2D eigenvalue weighted by molar-refractivity contribution is 5.67. The Bertz CT molecular complexity index is 684. The molecule has 3 aromatic rings. The molecule has 3 rings (SSSR count). The topological polar surface area (TPSA) is 82.2 Å². The monoisotopic (exact) mass is 239 g/mol. The van der Waals surface area contributed by atoms with Gasteiger partial charge in [-0.2, -0.15) is 4.98 Å². The highest BCUT2D eigenvalue weighted by Gasteiger charge is 2.03. The Hall–Kier alpha value is -2.40. The molecule has 4 N–H and O–H groups in total. The number of hydrogen-bond acceptors (Lipinski definition) is 4. The van der Waals surface area contributed by atoms with E-state index in [-0.39, 0.29) is 5.95 Å². The third-order valence-electron chi connectivity index (χ3n) is 2.88. The van der Waals surface area contributed by atoms with Crippen molar-refractivity contribution in [2.45, 2.75) is 6.54 Å². The molecule has 5 nitrogen and oxygen atoms in total. The first-order valence-corrected chi connectivity index (χ1v) is 5.67. The van der Waals surface area contributed by atoms with Crippen molar-refractivity contribution >= 4 is 11.6 Å². The molecule has 2 heterocycles. The molecule has 0 radical (unpaired) electrons. The molecule has 18 heavy (non-hydrogen) atoms. The molecule has 0 aliphatic heterocycles. The number of benzene rings is 1. The number of nitrogens with zero attached hydrogens (tertiary/aromatic N) is 3. The lowest BCUT2D eigenvalue weighted by Crippen LogP contribution is -1.95. The van der Waals surface area contributed by atoms with Crippen molar-refractivity contribution < 1.29 is 0 Å². The molecule has 0 unspecified atom stereocenters. The number of aromatic nitrogens is 3. The van der Waals surface area contributed by atoms with E-state index in [1.165, 1.54) is 0 Å². The Morgan fingerprint density at radius 1 is 1.06 bits per heavy atom. The van der Waals surface area contributed by atoms with Gasteiger partial charge in [-0.3, -0.25) is 0 Å². The van der Waals surface area contributed by atoms with E-state index in [0.29, 0.717) is 6.54 Å². The van der Waals surface area contributed by atoms with Crippen molar-refractivity contribution in [3.05, 3.63) is 48.2 Å².